The Labute approximate surface area is 112 Å². The van der Waals surface area contributed by atoms with Crippen molar-refractivity contribution in [3.05, 3.63) is 28.8 Å². The monoisotopic (exact) mass is 265 g/mol. The van der Waals surface area contributed by atoms with Crippen molar-refractivity contribution in [2.45, 2.75) is 40.2 Å². The summed E-state index contributed by atoms with van der Waals surface area (Å²) in [4.78, 5) is 22.6. The van der Waals surface area contributed by atoms with Gasteiger partial charge >= 0.3 is 12.1 Å². The fourth-order valence-electron chi connectivity index (χ4n) is 1.69. The summed E-state index contributed by atoms with van der Waals surface area (Å²) in [5.41, 5.74) is 1.57. The first kappa shape index (κ1) is 15.0. The number of aryl methyl sites for hydroxylation is 2. The number of hydrogen-bond donors (Lipinski definition) is 2. The fraction of sp³-hybridized carbons (Fsp3) is 0.429. The van der Waals surface area contributed by atoms with Gasteiger partial charge in [-0.05, 0) is 57.9 Å². The minimum Gasteiger partial charge on any atom is -0.478 e. The summed E-state index contributed by atoms with van der Waals surface area (Å²) in [6.45, 7) is 8.82. The highest BCUT2D eigenvalue weighted by Crippen LogP contribution is 2.23. The van der Waals surface area contributed by atoms with Crippen LogP contribution in [0.4, 0.5) is 10.5 Å². The molecular formula is C14H19NO4. The molecule has 0 unspecified atom stereocenters. The topological polar surface area (TPSA) is 75.6 Å². The standard InChI is InChI=1S/C14H19NO4/c1-8-6-10(12(16)17)7-9(2)11(8)15-13(18)19-14(3,4)5/h6-7H,1-5H3,(H,15,18)(H,16,17). The van der Waals surface area contributed by atoms with Gasteiger partial charge in [0.2, 0.25) is 0 Å². The molecule has 1 aromatic carbocycles. The van der Waals surface area contributed by atoms with Crippen LogP contribution in [0.3, 0.4) is 0 Å². The van der Waals surface area contributed by atoms with E-state index in [1.807, 2.05) is 0 Å². The zero-order valence-corrected chi connectivity index (χ0v) is 11.8. The van der Waals surface area contributed by atoms with E-state index in [1.165, 1.54) is 12.1 Å². The first-order chi connectivity index (χ1) is 8.60. The first-order valence-electron chi connectivity index (χ1n) is 5.94. The molecule has 2 N–H and O–H groups in total. The summed E-state index contributed by atoms with van der Waals surface area (Å²) in [7, 11) is 0. The summed E-state index contributed by atoms with van der Waals surface area (Å²) in [6, 6.07) is 3.03. The lowest BCUT2D eigenvalue weighted by Gasteiger charge is -2.21. The van der Waals surface area contributed by atoms with Crippen molar-refractivity contribution in [3.8, 4) is 0 Å². The highest BCUT2D eigenvalue weighted by Gasteiger charge is 2.18. The maximum absolute atomic E-state index is 11.7. The number of aromatic carboxylic acids is 1. The van der Waals surface area contributed by atoms with Gasteiger partial charge in [0, 0.05) is 5.69 Å². The van der Waals surface area contributed by atoms with Gasteiger partial charge in [-0.25, -0.2) is 9.59 Å². The Kier molecular flexibility index (Phi) is 4.19. The maximum Gasteiger partial charge on any atom is 0.412 e. The summed E-state index contributed by atoms with van der Waals surface area (Å²) < 4.78 is 5.16. The maximum atomic E-state index is 11.7. The third kappa shape index (κ3) is 4.28. The molecule has 0 aliphatic heterocycles. The van der Waals surface area contributed by atoms with Gasteiger partial charge in [0.15, 0.2) is 0 Å². The van der Waals surface area contributed by atoms with Crippen LogP contribution in [0.2, 0.25) is 0 Å². The van der Waals surface area contributed by atoms with Crippen LogP contribution >= 0.6 is 0 Å². The molecule has 0 heterocycles. The molecule has 5 heteroatoms. The lowest BCUT2D eigenvalue weighted by molar-refractivity contribution is 0.0634. The van der Waals surface area contributed by atoms with Crippen LogP contribution in [0.5, 0.6) is 0 Å². The number of hydrogen-bond acceptors (Lipinski definition) is 3. The number of benzene rings is 1. The van der Waals surface area contributed by atoms with Gasteiger partial charge in [0.1, 0.15) is 5.60 Å². The molecule has 1 rings (SSSR count). The molecule has 0 aliphatic rings. The lowest BCUT2D eigenvalue weighted by Crippen LogP contribution is -2.27. The molecule has 104 valence electrons. The van der Waals surface area contributed by atoms with E-state index < -0.39 is 17.7 Å². The molecule has 5 nitrogen and oxygen atoms in total. The Bertz CT molecular complexity index is 492. The van der Waals surface area contributed by atoms with Crippen molar-refractivity contribution < 1.29 is 19.4 Å². The number of carbonyl (C=O) groups is 2. The Hall–Kier alpha value is -2.04. The Morgan fingerprint density at radius 2 is 1.63 bits per heavy atom. The van der Waals surface area contributed by atoms with Crippen molar-refractivity contribution in [2.24, 2.45) is 0 Å². The molecule has 19 heavy (non-hydrogen) atoms. The molecule has 0 radical (unpaired) electrons. The molecular weight excluding hydrogens is 246 g/mol. The van der Waals surface area contributed by atoms with Gasteiger partial charge in [-0.1, -0.05) is 0 Å². The van der Waals surface area contributed by atoms with Crippen LogP contribution in [0.1, 0.15) is 42.3 Å². The zero-order valence-electron chi connectivity index (χ0n) is 11.8. The van der Waals surface area contributed by atoms with E-state index in [0.717, 1.165) is 0 Å². The molecule has 0 aliphatic carbocycles. The van der Waals surface area contributed by atoms with Gasteiger partial charge in [-0.3, -0.25) is 5.32 Å². The smallest absolute Gasteiger partial charge is 0.412 e. The average Bonchev–Trinajstić information content (AvgIpc) is 2.20. The second-order valence-corrected chi connectivity index (χ2v) is 5.42. The van der Waals surface area contributed by atoms with E-state index in [9.17, 15) is 9.59 Å². The molecule has 0 fully saturated rings. The number of carbonyl (C=O) groups excluding carboxylic acids is 1. The Morgan fingerprint density at radius 1 is 1.16 bits per heavy atom. The minimum absolute atomic E-state index is 0.199. The van der Waals surface area contributed by atoms with E-state index in [2.05, 4.69) is 5.32 Å². The van der Waals surface area contributed by atoms with Crippen LogP contribution in [-0.2, 0) is 4.74 Å². The normalized spacial score (nSPS) is 11.0. The number of ether oxygens (including phenoxy) is 1. The number of nitrogens with one attached hydrogen (secondary N) is 1. The second kappa shape index (κ2) is 5.30. The van der Waals surface area contributed by atoms with Gasteiger partial charge in [0.05, 0.1) is 5.56 Å². The van der Waals surface area contributed by atoms with Crippen molar-refractivity contribution in [3.63, 3.8) is 0 Å². The third-order valence-electron chi connectivity index (χ3n) is 2.41. The van der Waals surface area contributed by atoms with Crippen molar-refractivity contribution in [1.82, 2.24) is 0 Å². The van der Waals surface area contributed by atoms with Crippen LogP contribution in [-0.4, -0.2) is 22.8 Å². The minimum atomic E-state index is -0.991. The molecule has 1 amide bonds. The summed E-state index contributed by atoms with van der Waals surface area (Å²) in [5.74, 6) is -0.991. The van der Waals surface area contributed by atoms with Gasteiger partial charge < -0.3 is 9.84 Å². The van der Waals surface area contributed by atoms with Crippen molar-refractivity contribution in [2.75, 3.05) is 5.32 Å². The van der Waals surface area contributed by atoms with E-state index in [4.69, 9.17) is 9.84 Å². The molecule has 0 atom stereocenters. The SMILES string of the molecule is Cc1cc(C(=O)O)cc(C)c1NC(=O)OC(C)(C)C. The molecule has 0 bridgehead atoms. The van der Waals surface area contributed by atoms with Crippen LogP contribution in [0, 0.1) is 13.8 Å². The van der Waals surface area contributed by atoms with Gasteiger partial charge in [0.25, 0.3) is 0 Å². The molecule has 0 spiro atoms. The highest BCUT2D eigenvalue weighted by molar-refractivity contribution is 5.92. The zero-order chi connectivity index (χ0) is 14.8. The van der Waals surface area contributed by atoms with Gasteiger partial charge in [-0.15, -0.1) is 0 Å². The number of carboxylic acids is 1. The van der Waals surface area contributed by atoms with Crippen molar-refractivity contribution >= 4 is 17.7 Å². The molecule has 1 aromatic rings. The number of anilines is 1. The van der Waals surface area contributed by atoms with Crippen molar-refractivity contribution in [1.29, 1.82) is 0 Å². The first-order valence-corrected chi connectivity index (χ1v) is 5.94. The number of rotatable bonds is 2. The number of amides is 1. The molecule has 0 aromatic heterocycles. The largest absolute Gasteiger partial charge is 0.478 e. The van der Waals surface area contributed by atoms with E-state index in [1.54, 1.807) is 34.6 Å². The predicted octanol–water partition coefficient (Wildman–Crippen LogP) is 3.35. The predicted molar refractivity (Wildman–Crippen MR) is 72.7 cm³/mol. The fourth-order valence-corrected chi connectivity index (χ4v) is 1.69. The summed E-state index contributed by atoms with van der Waals surface area (Å²) in [6.07, 6.45) is -0.554. The van der Waals surface area contributed by atoms with Crippen LogP contribution in [0.15, 0.2) is 12.1 Å². The third-order valence-corrected chi connectivity index (χ3v) is 2.41. The second-order valence-electron chi connectivity index (χ2n) is 5.42. The van der Waals surface area contributed by atoms with Crippen LogP contribution in [0.25, 0.3) is 0 Å². The quantitative estimate of drug-likeness (QED) is 0.859. The molecule has 0 saturated carbocycles. The Morgan fingerprint density at radius 3 is 2.00 bits per heavy atom. The van der Waals surface area contributed by atoms with E-state index in [0.29, 0.717) is 16.8 Å². The highest BCUT2D eigenvalue weighted by atomic mass is 16.6. The Balaban J connectivity index is 2.97. The van der Waals surface area contributed by atoms with Crippen LogP contribution < -0.4 is 5.32 Å². The summed E-state index contributed by atoms with van der Waals surface area (Å²) >= 11 is 0. The number of carboxylic acid groups (broad SMARTS) is 1. The van der Waals surface area contributed by atoms with E-state index in [-0.39, 0.29) is 5.56 Å². The van der Waals surface area contributed by atoms with Gasteiger partial charge in [-0.2, -0.15) is 0 Å². The molecule has 0 saturated heterocycles. The van der Waals surface area contributed by atoms with E-state index >= 15 is 0 Å². The summed E-state index contributed by atoms with van der Waals surface area (Å²) in [5, 5.41) is 11.6. The lowest BCUT2D eigenvalue weighted by atomic mass is 10.0. The average molecular weight is 265 g/mol.